The molecule has 5 rings (SSSR count). The molecule has 1 aliphatic carbocycles. The number of carbonyl (C=O) groups excluding carboxylic acids is 1. The van der Waals surface area contributed by atoms with Crippen LogP contribution in [0.2, 0.25) is 0 Å². The molecule has 1 aromatic heterocycles. The van der Waals surface area contributed by atoms with Crippen molar-refractivity contribution in [2.24, 2.45) is 0 Å². The number of hydrogen-bond donors (Lipinski definition) is 0. The number of rotatable bonds is 4. The van der Waals surface area contributed by atoms with Gasteiger partial charge in [-0.25, -0.2) is 4.68 Å². The molecule has 1 amide bonds. The van der Waals surface area contributed by atoms with Gasteiger partial charge in [0.05, 0.1) is 10.6 Å². The molecule has 0 spiro atoms. The first-order valence-electron chi connectivity index (χ1n) is 10.6. The molecule has 0 radical (unpaired) electrons. The Bertz CT molecular complexity index is 1120. The predicted molar refractivity (Wildman–Crippen MR) is 117 cm³/mol. The molecule has 1 fully saturated rings. The van der Waals surface area contributed by atoms with Gasteiger partial charge in [0, 0.05) is 55.3 Å². The molecule has 0 bridgehead atoms. The van der Waals surface area contributed by atoms with Crippen LogP contribution in [-0.4, -0.2) is 51.7 Å². The molecule has 0 saturated carbocycles. The number of amides is 1. The minimum Gasteiger partial charge on any atom is -0.368 e. The highest BCUT2D eigenvalue weighted by atomic mass is 16.6. The smallest absolute Gasteiger partial charge is 0.274 e. The van der Waals surface area contributed by atoms with Crippen molar-refractivity contribution in [3.05, 3.63) is 81.7 Å². The van der Waals surface area contributed by atoms with E-state index in [1.807, 2.05) is 39.9 Å². The van der Waals surface area contributed by atoms with Crippen molar-refractivity contribution in [1.29, 1.82) is 0 Å². The van der Waals surface area contributed by atoms with Crippen molar-refractivity contribution in [1.82, 2.24) is 14.7 Å². The molecule has 2 aromatic carbocycles. The highest BCUT2D eigenvalue weighted by Crippen LogP contribution is 2.29. The Balaban J connectivity index is 1.32. The van der Waals surface area contributed by atoms with E-state index in [0.717, 1.165) is 41.9 Å². The number of carbonyl (C=O) groups is 1. The highest BCUT2D eigenvalue weighted by molar-refractivity contribution is 5.94. The normalized spacial score (nSPS) is 15.7. The average Bonchev–Trinajstić information content (AvgIpc) is 3.42. The summed E-state index contributed by atoms with van der Waals surface area (Å²) in [6.45, 7) is 2.57. The highest BCUT2D eigenvalue weighted by Gasteiger charge is 2.31. The van der Waals surface area contributed by atoms with Gasteiger partial charge < -0.3 is 9.80 Å². The molecule has 31 heavy (non-hydrogen) atoms. The van der Waals surface area contributed by atoms with Gasteiger partial charge in [-0.3, -0.25) is 14.9 Å². The van der Waals surface area contributed by atoms with Crippen molar-refractivity contribution < 1.29 is 9.72 Å². The number of hydrogen-bond acceptors (Lipinski definition) is 5. The summed E-state index contributed by atoms with van der Waals surface area (Å²) in [6, 6.07) is 16.6. The van der Waals surface area contributed by atoms with E-state index < -0.39 is 4.92 Å². The van der Waals surface area contributed by atoms with Crippen molar-refractivity contribution >= 4 is 17.3 Å². The summed E-state index contributed by atoms with van der Waals surface area (Å²) in [7, 11) is 0. The van der Waals surface area contributed by atoms with Gasteiger partial charge in [-0.05, 0) is 43.5 Å². The Morgan fingerprint density at radius 2 is 1.61 bits per heavy atom. The number of non-ortho nitro benzene ring substituents is 1. The van der Waals surface area contributed by atoms with Crippen LogP contribution < -0.4 is 4.90 Å². The molecule has 0 N–H and O–H groups in total. The van der Waals surface area contributed by atoms with E-state index in [1.165, 1.54) is 12.1 Å². The third-order valence-electron chi connectivity index (χ3n) is 6.13. The van der Waals surface area contributed by atoms with Crippen molar-refractivity contribution in [3.63, 3.8) is 0 Å². The minimum atomic E-state index is -0.395. The monoisotopic (exact) mass is 417 g/mol. The zero-order chi connectivity index (χ0) is 21.4. The van der Waals surface area contributed by atoms with Gasteiger partial charge in [0.15, 0.2) is 5.69 Å². The Morgan fingerprint density at radius 3 is 2.29 bits per heavy atom. The van der Waals surface area contributed by atoms with E-state index in [1.54, 1.807) is 12.1 Å². The molecule has 3 aromatic rings. The maximum absolute atomic E-state index is 13.3. The van der Waals surface area contributed by atoms with Gasteiger partial charge in [0.2, 0.25) is 0 Å². The van der Waals surface area contributed by atoms with Crippen LogP contribution in [0.3, 0.4) is 0 Å². The lowest BCUT2D eigenvalue weighted by Crippen LogP contribution is -2.49. The second-order valence-electron chi connectivity index (χ2n) is 7.93. The zero-order valence-corrected chi connectivity index (χ0v) is 17.1. The molecule has 8 heteroatoms. The Morgan fingerprint density at radius 1 is 0.903 bits per heavy atom. The van der Waals surface area contributed by atoms with Crippen LogP contribution in [0.4, 0.5) is 11.4 Å². The number of aromatic nitrogens is 2. The fraction of sp³-hybridized carbons (Fsp3) is 0.304. The Hall–Kier alpha value is -3.68. The van der Waals surface area contributed by atoms with Gasteiger partial charge in [-0.15, -0.1) is 0 Å². The summed E-state index contributed by atoms with van der Waals surface area (Å²) in [6.07, 6.45) is 2.89. The summed E-state index contributed by atoms with van der Waals surface area (Å²) < 4.78 is 1.93. The van der Waals surface area contributed by atoms with Crippen LogP contribution in [0.15, 0.2) is 54.6 Å². The molecule has 1 saturated heterocycles. The maximum Gasteiger partial charge on any atom is 0.274 e. The number of nitro benzene ring substituents is 1. The molecule has 0 unspecified atom stereocenters. The van der Waals surface area contributed by atoms with Gasteiger partial charge >= 0.3 is 0 Å². The number of benzene rings is 2. The summed E-state index contributed by atoms with van der Waals surface area (Å²) in [5, 5.41) is 15.6. The number of piperazine rings is 1. The van der Waals surface area contributed by atoms with E-state index in [4.69, 9.17) is 5.10 Å². The summed E-state index contributed by atoms with van der Waals surface area (Å²) in [5.41, 5.74) is 4.83. The zero-order valence-electron chi connectivity index (χ0n) is 17.1. The van der Waals surface area contributed by atoms with E-state index in [0.29, 0.717) is 31.9 Å². The molecule has 0 atom stereocenters. The topological polar surface area (TPSA) is 84.5 Å². The molecule has 2 aliphatic rings. The van der Waals surface area contributed by atoms with E-state index >= 15 is 0 Å². The summed E-state index contributed by atoms with van der Waals surface area (Å²) in [5.74, 6) is -0.00354. The fourth-order valence-corrected chi connectivity index (χ4v) is 4.49. The summed E-state index contributed by atoms with van der Waals surface area (Å²) >= 11 is 0. The molecular weight excluding hydrogens is 394 g/mol. The van der Waals surface area contributed by atoms with E-state index in [9.17, 15) is 14.9 Å². The van der Waals surface area contributed by atoms with Gasteiger partial charge in [-0.2, -0.15) is 5.10 Å². The molecule has 158 valence electrons. The number of nitrogens with zero attached hydrogens (tertiary/aromatic N) is 5. The van der Waals surface area contributed by atoms with Crippen molar-refractivity contribution in [2.75, 3.05) is 31.1 Å². The Kier molecular flexibility index (Phi) is 4.89. The quantitative estimate of drug-likeness (QED) is 0.481. The van der Waals surface area contributed by atoms with Gasteiger partial charge in [-0.1, -0.05) is 18.2 Å². The largest absolute Gasteiger partial charge is 0.368 e. The average molecular weight is 417 g/mol. The number of nitro groups is 1. The first-order valence-corrected chi connectivity index (χ1v) is 10.6. The second-order valence-corrected chi connectivity index (χ2v) is 7.93. The summed E-state index contributed by atoms with van der Waals surface area (Å²) in [4.78, 5) is 27.8. The van der Waals surface area contributed by atoms with Gasteiger partial charge in [0.1, 0.15) is 0 Å². The predicted octanol–water partition coefficient (Wildman–Crippen LogP) is 3.23. The molecule has 1 aliphatic heterocycles. The third-order valence-corrected chi connectivity index (χ3v) is 6.13. The minimum absolute atomic E-state index is 0.00354. The van der Waals surface area contributed by atoms with Crippen molar-refractivity contribution in [3.8, 4) is 5.69 Å². The number of fused-ring (bicyclic) bond motifs is 1. The third kappa shape index (κ3) is 3.54. The van der Waals surface area contributed by atoms with Crippen LogP contribution in [0.25, 0.3) is 5.69 Å². The van der Waals surface area contributed by atoms with Crippen LogP contribution in [-0.2, 0) is 12.8 Å². The molecule has 2 heterocycles. The molecular formula is C23H23N5O3. The van der Waals surface area contributed by atoms with Crippen LogP contribution >= 0.6 is 0 Å². The first kappa shape index (κ1) is 19.3. The van der Waals surface area contributed by atoms with Gasteiger partial charge in [0.25, 0.3) is 11.6 Å². The lowest BCUT2D eigenvalue weighted by atomic mass is 10.1. The van der Waals surface area contributed by atoms with E-state index in [-0.39, 0.29) is 11.6 Å². The van der Waals surface area contributed by atoms with E-state index in [2.05, 4.69) is 4.90 Å². The number of para-hydroxylation sites is 1. The van der Waals surface area contributed by atoms with Crippen LogP contribution in [0.5, 0.6) is 0 Å². The number of anilines is 1. The fourth-order valence-electron chi connectivity index (χ4n) is 4.49. The molecule has 8 nitrogen and oxygen atoms in total. The lowest BCUT2D eigenvalue weighted by Gasteiger charge is -2.35. The lowest BCUT2D eigenvalue weighted by molar-refractivity contribution is -0.384. The standard InChI is InChI=1S/C23H23N5O3/c29-23(22-20-7-4-8-21(20)27(24-22)18-5-2-1-3-6-18)26-15-13-25(14-16-26)17-9-11-19(12-10-17)28(30)31/h1-3,5-6,9-12H,4,7-8,13-16H2. The Labute approximate surface area is 179 Å². The van der Waals surface area contributed by atoms with Crippen LogP contribution in [0, 0.1) is 10.1 Å². The second kappa shape index (κ2) is 7.86. The SMILES string of the molecule is O=C(c1nn(-c2ccccc2)c2c1CCC2)N1CCN(c2ccc([N+](=O)[O-])cc2)CC1. The van der Waals surface area contributed by atoms with Crippen molar-refractivity contribution in [2.45, 2.75) is 19.3 Å². The first-order chi connectivity index (χ1) is 15.1. The maximum atomic E-state index is 13.3. The van der Waals surface area contributed by atoms with Crippen LogP contribution in [0.1, 0.15) is 28.2 Å².